The molecule has 8 heteroatoms. The molecule has 0 aliphatic carbocycles. The molecular weight excluding hydrogens is 384 g/mol. The van der Waals surface area contributed by atoms with Gasteiger partial charge in [0.2, 0.25) is 0 Å². The molecule has 0 spiro atoms. The van der Waals surface area contributed by atoms with Crippen molar-refractivity contribution in [1.29, 1.82) is 0 Å². The lowest BCUT2D eigenvalue weighted by atomic mass is 10.1. The molecule has 8 nitrogen and oxygen atoms in total. The normalized spacial score (nSPS) is 16.5. The maximum atomic E-state index is 11.7. The lowest BCUT2D eigenvalue weighted by Gasteiger charge is -2.21. The molecule has 2 aromatic carbocycles. The molecule has 1 aliphatic rings. The van der Waals surface area contributed by atoms with Crippen molar-refractivity contribution in [3.63, 3.8) is 0 Å². The number of aromatic nitrogens is 3. The van der Waals surface area contributed by atoms with Crippen molar-refractivity contribution in [3.05, 3.63) is 77.1 Å². The summed E-state index contributed by atoms with van der Waals surface area (Å²) in [5.41, 5.74) is 3.40. The highest BCUT2D eigenvalue weighted by Gasteiger charge is 2.29. The number of methoxy groups -OCH3 is 2. The minimum absolute atomic E-state index is 0.234. The van der Waals surface area contributed by atoms with Gasteiger partial charge < -0.3 is 14.2 Å². The van der Waals surface area contributed by atoms with Crippen LogP contribution in [0.1, 0.15) is 33.4 Å². The van der Waals surface area contributed by atoms with E-state index in [1.165, 1.54) is 12.7 Å². The molecular formula is C22H24N4O4. The van der Waals surface area contributed by atoms with E-state index < -0.39 is 0 Å². The third-order valence-corrected chi connectivity index (χ3v) is 5.03. The Hall–Kier alpha value is -3.23. The largest absolute Gasteiger partial charge is 0.497 e. The first-order valence-electron chi connectivity index (χ1n) is 9.72. The van der Waals surface area contributed by atoms with E-state index in [2.05, 4.69) is 27.3 Å². The Kier molecular flexibility index (Phi) is 6.06. The van der Waals surface area contributed by atoms with Crippen LogP contribution in [-0.4, -0.2) is 53.2 Å². The Labute approximate surface area is 175 Å². The highest BCUT2D eigenvalue weighted by molar-refractivity contribution is 5.89. The Morgan fingerprint density at radius 3 is 2.73 bits per heavy atom. The zero-order valence-electron chi connectivity index (χ0n) is 17.0. The molecule has 0 N–H and O–H groups in total. The standard InChI is InChI=1S/C22H24N4O4/c1-28-19-8-6-16(7-9-19)13-25-10-11-30-21(25)20-15-26(24-23-20)14-17-4-3-5-18(12-17)22(27)29-2/h3-9,12,15,21H,10-11,13-14H2,1-2H3/t21-/m1/s1. The number of carbonyl (C=O) groups excluding carboxylic acids is 1. The minimum Gasteiger partial charge on any atom is -0.497 e. The van der Waals surface area contributed by atoms with Crippen molar-refractivity contribution in [1.82, 2.24) is 19.9 Å². The summed E-state index contributed by atoms with van der Waals surface area (Å²) in [4.78, 5) is 14.0. The van der Waals surface area contributed by atoms with E-state index in [0.29, 0.717) is 18.7 Å². The third kappa shape index (κ3) is 4.50. The summed E-state index contributed by atoms with van der Waals surface area (Å²) in [6.07, 6.45) is 1.66. The monoisotopic (exact) mass is 408 g/mol. The Bertz CT molecular complexity index is 1000. The molecule has 4 rings (SSSR count). The van der Waals surface area contributed by atoms with Crippen LogP contribution in [0.25, 0.3) is 0 Å². The van der Waals surface area contributed by atoms with Crippen molar-refractivity contribution < 1.29 is 19.0 Å². The van der Waals surface area contributed by atoms with Gasteiger partial charge in [-0.1, -0.05) is 29.5 Å². The molecule has 0 saturated carbocycles. The van der Waals surface area contributed by atoms with E-state index in [1.807, 2.05) is 30.5 Å². The van der Waals surface area contributed by atoms with E-state index in [4.69, 9.17) is 14.2 Å². The number of carbonyl (C=O) groups is 1. The molecule has 30 heavy (non-hydrogen) atoms. The average Bonchev–Trinajstić information content (AvgIpc) is 3.43. The minimum atomic E-state index is -0.357. The van der Waals surface area contributed by atoms with Gasteiger partial charge in [-0.15, -0.1) is 5.10 Å². The van der Waals surface area contributed by atoms with Crippen molar-refractivity contribution in [2.24, 2.45) is 0 Å². The van der Waals surface area contributed by atoms with E-state index in [9.17, 15) is 4.79 Å². The molecule has 1 saturated heterocycles. The number of hydrogen-bond acceptors (Lipinski definition) is 7. The molecule has 3 aromatic rings. The molecule has 1 aliphatic heterocycles. The highest BCUT2D eigenvalue weighted by atomic mass is 16.5. The first-order valence-corrected chi connectivity index (χ1v) is 9.72. The van der Waals surface area contributed by atoms with Gasteiger partial charge in [0.25, 0.3) is 0 Å². The zero-order chi connectivity index (χ0) is 20.9. The zero-order valence-corrected chi connectivity index (χ0v) is 17.0. The van der Waals surface area contributed by atoms with Crippen LogP contribution in [0.3, 0.4) is 0 Å². The van der Waals surface area contributed by atoms with Crippen molar-refractivity contribution in [3.8, 4) is 5.75 Å². The maximum Gasteiger partial charge on any atom is 0.337 e. The van der Waals surface area contributed by atoms with Crippen LogP contribution in [0.2, 0.25) is 0 Å². The quantitative estimate of drug-likeness (QED) is 0.556. The molecule has 1 fully saturated rings. The topological polar surface area (TPSA) is 78.7 Å². The van der Waals surface area contributed by atoms with Gasteiger partial charge in [0.15, 0.2) is 6.23 Å². The summed E-state index contributed by atoms with van der Waals surface area (Å²) < 4.78 is 17.7. The molecule has 0 bridgehead atoms. The van der Waals surface area contributed by atoms with Gasteiger partial charge in [-0.3, -0.25) is 4.90 Å². The van der Waals surface area contributed by atoms with Gasteiger partial charge in [-0.05, 0) is 35.4 Å². The maximum absolute atomic E-state index is 11.7. The van der Waals surface area contributed by atoms with Crippen molar-refractivity contribution in [2.75, 3.05) is 27.4 Å². The van der Waals surface area contributed by atoms with Crippen LogP contribution in [-0.2, 0) is 22.6 Å². The van der Waals surface area contributed by atoms with Gasteiger partial charge >= 0.3 is 5.97 Å². The van der Waals surface area contributed by atoms with E-state index in [0.717, 1.165) is 30.1 Å². The van der Waals surface area contributed by atoms with Crippen molar-refractivity contribution in [2.45, 2.75) is 19.3 Å². The van der Waals surface area contributed by atoms with Gasteiger partial charge in [-0.25, -0.2) is 9.48 Å². The molecule has 2 heterocycles. The molecule has 156 valence electrons. The lowest BCUT2D eigenvalue weighted by molar-refractivity contribution is 0.0252. The number of benzene rings is 2. The molecule has 0 unspecified atom stereocenters. The first-order chi connectivity index (χ1) is 14.7. The van der Waals surface area contributed by atoms with Crippen LogP contribution >= 0.6 is 0 Å². The fraction of sp³-hybridized carbons (Fsp3) is 0.318. The summed E-state index contributed by atoms with van der Waals surface area (Å²) in [5.74, 6) is 0.483. The van der Waals surface area contributed by atoms with Crippen LogP contribution in [0.15, 0.2) is 54.7 Å². The van der Waals surface area contributed by atoms with E-state index >= 15 is 0 Å². The molecule has 0 amide bonds. The van der Waals surface area contributed by atoms with Gasteiger partial charge in [-0.2, -0.15) is 0 Å². The molecule has 1 atom stereocenters. The Balaban J connectivity index is 1.44. The second-order valence-electron chi connectivity index (χ2n) is 7.07. The number of nitrogens with zero attached hydrogens (tertiary/aromatic N) is 4. The van der Waals surface area contributed by atoms with Crippen LogP contribution in [0.5, 0.6) is 5.75 Å². The lowest BCUT2D eigenvalue weighted by Crippen LogP contribution is -2.23. The summed E-state index contributed by atoms with van der Waals surface area (Å²) >= 11 is 0. The molecule has 1 aromatic heterocycles. The smallest absolute Gasteiger partial charge is 0.337 e. The Morgan fingerprint density at radius 1 is 1.13 bits per heavy atom. The van der Waals surface area contributed by atoms with Gasteiger partial charge in [0, 0.05) is 13.1 Å². The second kappa shape index (κ2) is 9.06. The van der Waals surface area contributed by atoms with Crippen LogP contribution < -0.4 is 4.74 Å². The predicted molar refractivity (Wildman–Crippen MR) is 109 cm³/mol. The molecule has 0 radical (unpaired) electrons. The SMILES string of the molecule is COC(=O)c1cccc(Cn2cc([C@H]3OCCN3Cc3ccc(OC)cc3)nn2)c1. The Morgan fingerprint density at radius 2 is 1.97 bits per heavy atom. The number of ether oxygens (including phenoxy) is 3. The predicted octanol–water partition coefficient (Wildman–Crippen LogP) is 2.65. The highest BCUT2D eigenvalue weighted by Crippen LogP contribution is 2.27. The van der Waals surface area contributed by atoms with Gasteiger partial charge in [0.05, 0.1) is 39.1 Å². The van der Waals surface area contributed by atoms with E-state index in [1.54, 1.807) is 23.9 Å². The van der Waals surface area contributed by atoms with E-state index in [-0.39, 0.29) is 12.2 Å². The summed E-state index contributed by atoms with van der Waals surface area (Å²) in [6.45, 7) is 2.73. The second-order valence-corrected chi connectivity index (χ2v) is 7.07. The van der Waals surface area contributed by atoms with Crippen molar-refractivity contribution >= 4 is 5.97 Å². The van der Waals surface area contributed by atoms with Gasteiger partial charge in [0.1, 0.15) is 11.4 Å². The first kappa shape index (κ1) is 20.1. The fourth-order valence-corrected chi connectivity index (χ4v) is 3.51. The summed E-state index contributed by atoms with van der Waals surface area (Å²) in [7, 11) is 3.03. The van der Waals surface area contributed by atoms with Crippen LogP contribution in [0.4, 0.5) is 0 Å². The number of rotatable bonds is 7. The number of hydrogen-bond donors (Lipinski definition) is 0. The summed E-state index contributed by atoms with van der Waals surface area (Å²) in [5, 5.41) is 8.56. The fourth-order valence-electron chi connectivity index (χ4n) is 3.51. The third-order valence-electron chi connectivity index (χ3n) is 5.03. The average molecular weight is 408 g/mol. The summed E-state index contributed by atoms with van der Waals surface area (Å²) in [6, 6.07) is 15.3. The number of esters is 1. The van der Waals surface area contributed by atoms with Crippen LogP contribution in [0, 0.1) is 0 Å².